The largest absolute Gasteiger partial charge is 1.00 e. The van der Waals surface area contributed by atoms with Gasteiger partial charge in [-0.25, -0.2) is 0 Å². The summed E-state index contributed by atoms with van der Waals surface area (Å²) >= 11 is -1.37. The molecule has 2 aliphatic rings. The van der Waals surface area contributed by atoms with Gasteiger partial charge in [-0.2, -0.15) is 0 Å². The SMILES string of the molecule is CCC[CH2][Zr+2]([C]1=CC=CC1)[C]1=CC=CC1.[Cl-].[Cl-]. The number of allylic oxidation sites excluding steroid dienone is 8. The van der Waals surface area contributed by atoms with Gasteiger partial charge in [-0.1, -0.05) is 0 Å². The second kappa shape index (κ2) is 9.37. The molecule has 0 radical (unpaired) electrons. The van der Waals surface area contributed by atoms with Crippen LogP contribution in [0.25, 0.3) is 0 Å². The Hall–Kier alpha value is 0.423. The van der Waals surface area contributed by atoms with Crippen molar-refractivity contribution in [2.45, 2.75) is 36.7 Å². The predicted octanol–water partition coefficient (Wildman–Crippen LogP) is -1.48. The van der Waals surface area contributed by atoms with E-state index in [9.17, 15) is 0 Å². The fourth-order valence-electron chi connectivity index (χ4n) is 2.22. The van der Waals surface area contributed by atoms with Gasteiger partial charge >= 0.3 is 102 Å². The fourth-order valence-corrected chi connectivity index (χ4v) is 9.81. The number of rotatable bonds is 5. The Morgan fingerprint density at radius 3 is 1.88 bits per heavy atom. The van der Waals surface area contributed by atoms with E-state index >= 15 is 0 Å². The zero-order valence-electron chi connectivity index (χ0n) is 10.3. The molecule has 0 aromatic carbocycles. The van der Waals surface area contributed by atoms with Gasteiger partial charge in [0.15, 0.2) is 0 Å². The molecule has 0 atom stereocenters. The van der Waals surface area contributed by atoms with Crippen molar-refractivity contribution in [2.75, 3.05) is 0 Å². The molecule has 93 valence electrons. The van der Waals surface area contributed by atoms with Crippen LogP contribution in [0.2, 0.25) is 4.13 Å². The maximum atomic E-state index is 2.41. The molecule has 0 aromatic rings. The number of halogens is 2. The van der Waals surface area contributed by atoms with E-state index in [4.69, 9.17) is 0 Å². The second-order valence-corrected chi connectivity index (χ2v) is 11.0. The van der Waals surface area contributed by atoms with E-state index in [2.05, 4.69) is 43.4 Å². The summed E-state index contributed by atoms with van der Waals surface area (Å²) < 4.78 is 5.17. The van der Waals surface area contributed by atoms with Crippen molar-refractivity contribution in [3.05, 3.63) is 43.0 Å². The monoisotopic (exact) mass is 347 g/mol. The van der Waals surface area contributed by atoms with E-state index in [1.54, 1.807) is 0 Å². The molecule has 17 heavy (non-hydrogen) atoms. The van der Waals surface area contributed by atoms with Crippen molar-refractivity contribution in [3.8, 4) is 0 Å². The van der Waals surface area contributed by atoms with Crippen molar-refractivity contribution in [1.29, 1.82) is 0 Å². The Morgan fingerprint density at radius 1 is 1.00 bits per heavy atom. The van der Waals surface area contributed by atoms with Crippen LogP contribution < -0.4 is 24.8 Å². The minimum Gasteiger partial charge on any atom is -1.00 e. The van der Waals surface area contributed by atoms with Gasteiger partial charge in [0.05, 0.1) is 0 Å². The van der Waals surface area contributed by atoms with E-state index in [0.29, 0.717) is 0 Å². The van der Waals surface area contributed by atoms with Gasteiger partial charge in [-0.05, 0) is 0 Å². The van der Waals surface area contributed by atoms with Gasteiger partial charge in [0.1, 0.15) is 0 Å². The molecule has 3 heteroatoms. The third-order valence-electron chi connectivity index (χ3n) is 3.10. The molecule has 0 unspecified atom stereocenters. The molecule has 0 aliphatic heterocycles. The summed E-state index contributed by atoms with van der Waals surface area (Å²) in [5.74, 6) is 0. The van der Waals surface area contributed by atoms with Crippen LogP contribution in [0.15, 0.2) is 43.0 Å². The Bertz CT molecular complexity index is 310. The third-order valence-corrected chi connectivity index (χ3v) is 10.8. The summed E-state index contributed by atoms with van der Waals surface area (Å²) in [7, 11) is 0. The average molecular weight is 349 g/mol. The van der Waals surface area contributed by atoms with Gasteiger partial charge in [-0.15, -0.1) is 0 Å². The molecule has 0 amide bonds. The molecule has 2 aliphatic carbocycles. The zero-order valence-corrected chi connectivity index (χ0v) is 14.2. The van der Waals surface area contributed by atoms with Crippen molar-refractivity contribution >= 4 is 0 Å². The molecule has 0 fully saturated rings. The summed E-state index contributed by atoms with van der Waals surface area (Å²) in [6.45, 7) is 2.31. The van der Waals surface area contributed by atoms with Crippen molar-refractivity contribution in [2.24, 2.45) is 0 Å². The topological polar surface area (TPSA) is 0 Å². The van der Waals surface area contributed by atoms with E-state index in [1.807, 2.05) is 6.56 Å². The first-order chi connectivity index (χ1) is 7.42. The maximum absolute atomic E-state index is 2.41. The summed E-state index contributed by atoms with van der Waals surface area (Å²) in [6, 6.07) is 0. The smallest absolute Gasteiger partial charge is 1.00 e. The van der Waals surface area contributed by atoms with Gasteiger partial charge in [0.2, 0.25) is 0 Å². The van der Waals surface area contributed by atoms with Gasteiger partial charge in [0.25, 0.3) is 0 Å². The van der Waals surface area contributed by atoms with Crippen molar-refractivity contribution in [3.63, 3.8) is 0 Å². The first-order valence-electron chi connectivity index (χ1n) is 5.99. The number of hydrogen-bond donors (Lipinski definition) is 0. The average Bonchev–Trinajstić information content (AvgIpc) is 2.90. The molecule has 0 aromatic heterocycles. The van der Waals surface area contributed by atoms with Gasteiger partial charge in [-0.3, -0.25) is 0 Å². The van der Waals surface area contributed by atoms with E-state index in [1.165, 1.54) is 29.8 Å². The summed E-state index contributed by atoms with van der Waals surface area (Å²) in [5.41, 5.74) is 0. The molecule has 0 saturated carbocycles. The van der Waals surface area contributed by atoms with Crippen LogP contribution >= 0.6 is 0 Å². The number of unbranched alkanes of at least 4 members (excludes halogenated alkanes) is 1. The van der Waals surface area contributed by atoms with Crippen molar-refractivity contribution in [1.82, 2.24) is 0 Å². The quantitative estimate of drug-likeness (QED) is 0.568. The van der Waals surface area contributed by atoms with E-state index in [-0.39, 0.29) is 24.8 Å². The fraction of sp³-hybridized carbons (Fsp3) is 0.429. The van der Waals surface area contributed by atoms with Crippen LogP contribution in [0.4, 0.5) is 0 Å². The Labute approximate surface area is 125 Å². The molecular formula is C14H19Cl2Zr. The van der Waals surface area contributed by atoms with Crippen LogP contribution in [0.5, 0.6) is 0 Å². The molecular weight excluding hydrogens is 330 g/mol. The van der Waals surface area contributed by atoms with Crippen molar-refractivity contribution < 1.29 is 46.6 Å². The first-order valence-corrected chi connectivity index (χ1v) is 10.2. The minimum absolute atomic E-state index is 0. The molecule has 0 heterocycles. The minimum atomic E-state index is -1.37. The van der Waals surface area contributed by atoms with Gasteiger partial charge < -0.3 is 24.8 Å². The Kier molecular flexibility index (Phi) is 9.60. The summed E-state index contributed by atoms with van der Waals surface area (Å²) in [5, 5.41) is 0. The maximum Gasteiger partial charge on any atom is -1.00 e. The Morgan fingerprint density at radius 2 is 1.53 bits per heavy atom. The van der Waals surface area contributed by atoms with Crippen LogP contribution in [-0.2, 0) is 21.8 Å². The molecule has 0 saturated heterocycles. The van der Waals surface area contributed by atoms with E-state index < -0.39 is 21.8 Å². The first kappa shape index (κ1) is 17.4. The normalized spacial score (nSPS) is 16.1. The molecule has 0 bridgehead atoms. The predicted molar refractivity (Wildman–Crippen MR) is 63.4 cm³/mol. The standard InChI is InChI=1S/2C5H5.C4H9.2ClH.Zr/c2*1-2-4-5-3-1;1-3-4-2;;;/h2*1-3H,4H2;1,3-4H2,2H3;2*1H;/q;;;;;+2/p-2. The molecule has 2 rings (SSSR count). The van der Waals surface area contributed by atoms with Crippen LogP contribution in [0.3, 0.4) is 0 Å². The second-order valence-electron chi connectivity index (χ2n) is 4.23. The summed E-state index contributed by atoms with van der Waals surface area (Å²) in [4.78, 5) is 0. The Balaban J connectivity index is 0.00000128. The molecule has 0 nitrogen and oxygen atoms in total. The van der Waals surface area contributed by atoms with Crippen LogP contribution in [-0.4, -0.2) is 0 Å². The summed E-state index contributed by atoms with van der Waals surface area (Å²) in [6.07, 6.45) is 19.3. The molecule has 0 spiro atoms. The third kappa shape index (κ3) is 4.89. The van der Waals surface area contributed by atoms with Crippen LogP contribution in [0, 0.1) is 0 Å². The molecule has 0 N–H and O–H groups in total. The van der Waals surface area contributed by atoms with Crippen LogP contribution in [0.1, 0.15) is 32.6 Å². The van der Waals surface area contributed by atoms with Gasteiger partial charge in [0, 0.05) is 0 Å². The zero-order chi connectivity index (χ0) is 10.5. The van der Waals surface area contributed by atoms with E-state index in [0.717, 1.165) is 0 Å². The number of hydrogen-bond acceptors (Lipinski definition) is 0.